The molecule has 0 fully saturated rings. The van der Waals surface area contributed by atoms with Gasteiger partial charge >= 0.3 is 10.4 Å². The van der Waals surface area contributed by atoms with Gasteiger partial charge in [0, 0.05) is 12.3 Å². The first-order valence-electron chi connectivity index (χ1n) is 2.38. The van der Waals surface area contributed by atoms with Gasteiger partial charge in [-0.3, -0.25) is 4.55 Å². The molecule has 1 heterocycles. The van der Waals surface area contributed by atoms with E-state index in [-0.39, 0.29) is 5.88 Å². The van der Waals surface area contributed by atoms with Crippen LogP contribution in [0.4, 0.5) is 0 Å². The zero-order valence-corrected chi connectivity index (χ0v) is 5.63. The molecule has 2 N–H and O–H groups in total. The lowest BCUT2D eigenvalue weighted by atomic mass is 10.7. The van der Waals surface area contributed by atoms with Crippen molar-refractivity contribution in [2.24, 2.45) is 0 Å². The molecule has 10 heavy (non-hydrogen) atoms. The van der Waals surface area contributed by atoms with Gasteiger partial charge in [0.05, 0.1) is 0 Å². The first-order valence-corrected chi connectivity index (χ1v) is 3.75. The van der Waals surface area contributed by atoms with Gasteiger partial charge in [0.1, 0.15) is 0 Å². The number of aromatic amines is 1. The molecule has 0 radical (unpaired) electrons. The minimum absolute atomic E-state index is 0.0116. The summed E-state index contributed by atoms with van der Waals surface area (Å²) < 4.78 is 32.2. The van der Waals surface area contributed by atoms with Gasteiger partial charge in [-0.05, 0) is 6.07 Å². The van der Waals surface area contributed by atoms with Crippen LogP contribution in [0.3, 0.4) is 0 Å². The number of H-pyrrole nitrogens is 1. The molecule has 1 aromatic heterocycles. The van der Waals surface area contributed by atoms with Crippen molar-refractivity contribution in [3.8, 4) is 5.88 Å². The molecule has 0 bridgehead atoms. The molecule has 1 aromatic rings. The molecule has 1 rings (SSSR count). The normalized spacial score (nSPS) is 11.3. The molecule has 0 saturated carbocycles. The molecule has 0 aliphatic heterocycles. The lowest BCUT2D eigenvalue weighted by Crippen LogP contribution is -2.06. The molecular formula is C4H5NO4S. The molecule has 6 heteroatoms. The van der Waals surface area contributed by atoms with Gasteiger partial charge in [0.2, 0.25) is 5.88 Å². The van der Waals surface area contributed by atoms with Crippen molar-refractivity contribution in [1.29, 1.82) is 0 Å². The first-order chi connectivity index (χ1) is 4.58. The molecule has 0 atom stereocenters. The topological polar surface area (TPSA) is 79.4 Å². The van der Waals surface area contributed by atoms with Gasteiger partial charge in [-0.1, -0.05) is 0 Å². The number of rotatable bonds is 2. The van der Waals surface area contributed by atoms with Gasteiger partial charge in [0.25, 0.3) is 0 Å². The Bertz CT molecular complexity index is 287. The summed E-state index contributed by atoms with van der Waals surface area (Å²) in [4.78, 5) is 2.43. The van der Waals surface area contributed by atoms with Crippen LogP contribution in [0.25, 0.3) is 0 Å². The highest BCUT2D eigenvalue weighted by molar-refractivity contribution is 7.81. The molecule has 5 nitrogen and oxygen atoms in total. The van der Waals surface area contributed by atoms with Crippen molar-refractivity contribution < 1.29 is 17.2 Å². The molecule has 0 spiro atoms. The maximum Gasteiger partial charge on any atom is 0.447 e. The molecule has 56 valence electrons. The van der Waals surface area contributed by atoms with E-state index in [1.165, 1.54) is 12.3 Å². The molecule has 0 unspecified atom stereocenters. The van der Waals surface area contributed by atoms with E-state index in [0.29, 0.717) is 0 Å². The van der Waals surface area contributed by atoms with E-state index in [1.807, 2.05) is 0 Å². The van der Waals surface area contributed by atoms with E-state index in [0.717, 1.165) is 0 Å². The predicted molar refractivity (Wildman–Crippen MR) is 33.0 cm³/mol. The summed E-state index contributed by atoms with van der Waals surface area (Å²) in [6.07, 6.45) is 1.47. The molecule has 0 amide bonds. The summed E-state index contributed by atoms with van der Waals surface area (Å²) in [6, 6.07) is 2.91. The zero-order chi connectivity index (χ0) is 7.61. The van der Waals surface area contributed by atoms with E-state index < -0.39 is 10.4 Å². The van der Waals surface area contributed by atoms with E-state index >= 15 is 0 Å². The SMILES string of the molecule is O=S(=O)(O)Oc1ccc[nH]1. The summed E-state index contributed by atoms with van der Waals surface area (Å²) >= 11 is 0. The summed E-state index contributed by atoms with van der Waals surface area (Å²) in [6.45, 7) is 0. The third-order valence-corrected chi connectivity index (χ3v) is 1.15. The van der Waals surface area contributed by atoms with Crippen molar-refractivity contribution in [3.05, 3.63) is 18.3 Å². The van der Waals surface area contributed by atoms with Crippen LogP contribution in [-0.4, -0.2) is 18.0 Å². The lowest BCUT2D eigenvalue weighted by molar-refractivity contribution is 0.382. The maximum absolute atomic E-state index is 10.0. The van der Waals surface area contributed by atoms with Crippen LogP contribution in [0.15, 0.2) is 18.3 Å². The fraction of sp³-hybridized carbons (Fsp3) is 0. The van der Waals surface area contributed by atoms with E-state index in [1.54, 1.807) is 6.07 Å². The van der Waals surface area contributed by atoms with Crippen molar-refractivity contribution in [3.63, 3.8) is 0 Å². The number of aromatic nitrogens is 1. The lowest BCUT2D eigenvalue weighted by Gasteiger charge is -1.94. The van der Waals surface area contributed by atoms with E-state index in [4.69, 9.17) is 4.55 Å². The van der Waals surface area contributed by atoms with Crippen LogP contribution in [0, 0.1) is 0 Å². The fourth-order valence-electron chi connectivity index (χ4n) is 0.479. The largest absolute Gasteiger partial charge is 0.447 e. The van der Waals surface area contributed by atoms with Crippen LogP contribution >= 0.6 is 0 Å². The third-order valence-electron chi connectivity index (χ3n) is 0.765. The Hall–Kier alpha value is -1.01. The van der Waals surface area contributed by atoms with Crippen LogP contribution < -0.4 is 4.18 Å². The molecular weight excluding hydrogens is 158 g/mol. The Kier molecular flexibility index (Phi) is 1.64. The Morgan fingerprint density at radius 3 is 2.70 bits per heavy atom. The monoisotopic (exact) mass is 163 g/mol. The van der Waals surface area contributed by atoms with Gasteiger partial charge in [0.15, 0.2) is 0 Å². The highest BCUT2D eigenvalue weighted by Gasteiger charge is 2.05. The predicted octanol–water partition coefficient (Wildman–Crippen LogP) is 0.196. The second-order valence-corrected chi connectivity index (χ2v) is 2.57. The number of hydrogen-bond donors (Lipinski definition) is 2. The highest BCUT2D eigenvalue weighted by Crippen LogP contribution is 2.06. The second kappa shape index (κ2) is 2.31. The second-order valence-electron chi connectivity index (χ2n) is 1.55. The average molecular weight is 163 g/mol. The Labute approximate surface area is 57.6 Å². The van der Waals surface area contributed by atoms with Gasteiger partial charge in [-0.25, -0.2) is 0 Å². The quantitative estimate of drug-likeness (QED) is 0.610. The van der Waals surface area contributed by atoms with Gasteiger partial charge < -0.3 is 9.17 Å². The Balaban J connectivity index is 2.75. The third kappa shape index (κ3) is 2.08. The fourth-order valence-corrected chi connectivity index (χ4v) is 0.810. The summed E-state index contributed by atoms with van der Waals surface area (Å²) in [7, 11) is -4.38. The standard InChI is InChI=1S/C4H5NO4S/c6-10(7,8)9-4-2-1-3-5-4/h1-3,5H,(H,6,7,8). The van der Waals surface area contributed by atoms with E-state index in [2.05, 4.69) is 9.17 Å². The van der Waals surface area contributed by atoms with Gasteiger partial charge in [-0.2, -0.15) is 8.42 Å². The van der Waals surface area contributed by atoms with E-state index in [9.17, 15) is 8.42 Å². The minimum Gasteiger partial charge on any atom is -0.343 e. The molecule has 0 saturated heterocycles. The zero-order valence-electron chi connectivity index (χ0n) is 4.81. The summed E-state index contributed by atoms with van der Waals surface area (Å²) in [5.41, 5.74) is 0. The summed E-state index contributed by atoms with van der Waals surface area (Å²) in [5.74, 6) is -0.0116. The number of hydrogen-bond acceptors (Lipinski definition) is 3. The smallest absolute Gasteiger partial charge is 0.343 e. The van der Waals surface area contributed by atoms with Crippen molar-refractivity contribution in [2.75, 3.05) is 0 Å². The van der Waals surface area contributed by atoms with Gasteiger partial charge in [-0.15, -0.1) is 0 Å². The van der Waals surface area contributed by atoms with Crippen molar-refractivity contribution in [1.82, 2.24) is 4.98 Å². The molecule has 0 aromatic carbocycles. The number of nitrogens with one attached hydrogen (secondary N) is 1. The first kappa shape index (κ1) is 7.10. The molecule has 0 aliphatic rings. The maximum atomic E-state index is 10.0. The Morgan fingerprint density at radius 2 is 2.30 bits per heavy atom. The minimum atomic E-state index is -4.38. The van der Waals surface area contributed by atoms with Crippen molar-refractivity contribution >= 4 is 10.4 Å². The van der Waals surface area contributed by atoms with Crippen LogP contribution in [0.2, 0.25) is 0 Å². The van der Waals surface area contributed by atoms with Crippen LogP contribution in [0.1, 0.15) is 0 Å². The van der Waals surface area contributed by atoms with Crippen LogP contribution in [-0.2, 0) is 10.4 Å². The van der Waals surface area contributed by atoms with Crippen molar-refractivity contribution in [2.45, 2.75) is 0 Å². The average Bonchev–Trinajstić information content (AvgIpc) is 2.12. The summed E-state index contributed by atoms with van der Waals surface area (Å²) in [5, 5.41) is 0. The van der Waals surface area contributed by atoms with Crippen LogP contribution in [0.5, 0.6) is 5.88 Å². The molecule has 0 aliphatic carbocycles. The highest BCUT2D eigenvalue weighted by atomic mass is 32.3. The Morgan fingerprint density at radius 1 is 1.60 bits per heavy atom.